The second kappa shape index (κ2) is 20.4. The van der Waals surface area contributed by atoms with Crippen LogP contribution in [0, 0.1) is 48.3 Å². The van der Waals surface area contributed by atoms with Crippen LogP contribution in [0.4, 0.5) is 4.79 Å². The smallest absolute Gasteiger partial charge is 0.407 e. The first kappa shape index (κ1) is 50.9. The Hall–Kier alpha value is -2.50. The third kappa shape index (κ3) is 10.2. The molecule has 1 aromatic rings. The lowest BCUT2D eigenvalue weighted by Gasteiger charge is -2.55. The van der Waals surface area contributed by atoms with Gasteiger partial charge in [0.25, 0.3) is 0 Å². The minimum absolute atomic E-state index is 0.0362. The zero-order valence-electron chi connectivity index (χ0n) is 40.2. The van der Waals surface area contributed by atoms with Crippen LogP contribution in [0.5, 0.6) is 0 Å². The lowest BCUT2D eigenvalue weighted by molar-refractivity contribution is -0.398. The van der Waals surface area contributed by atoms with Crippen LogP contribution in [-0.2, 0) is 44.4 Å². The maximum atomic E-state index is 14.7. The van der Waals surface area contributed by atoms with E-state index in [4.69, 9.17) is 28.4 Å². The van der Waals surface area contributed by atoms with Crippen LogP contribution in [0.25, 0.3) is 0 Å². The fourth-order valence-electron chi connectivity index (χ4n) is 11.6. The summed E-state index contributed by atoms with van der Waals surface area (Å²) in [4.78, 5) is 45.6. The predicted molar refractivity (Wildman–Crippen MR) is 241 cm³/mol. The molecular formula is C49H78N2O12S. The minimum Gasteiger partial charge on any atom is -0.481 e. The Kier molecular flexibility index (Phi) is 16.2. The molecular weight excluding hydrogens is 841 g/mol. The van der Waals surface area contributed by atoms with E-state index in [-0.39, 0.29) is 36.2 Å². The highest BCUT2D eigenvalue weighted by atomic mass is 32.1. The first-order valence-corrected chi connectivity index (χ1v) is 25.1. The van der Waals surface area contributed by atoms with E-state index in [9.17, 15) is 29.7 Å². The fourth-order valence-corrected chi connectivity index (χ4v) is 12.4. The average molecular weight is 919 g/mol. The van der Waals surface area contributed by atoms with Crippen LogP contribution >= 0.6 is 11.3 Å². The molecule has 2 spiro atoms. The van der Waals surface area contributed by atoms with Gasteiger partial charge in [0.15, 0.2) is 11.6 Å². The van der Waals surface area contributed by atoms with Crippen LogP contribution in [-0.4, -0.2) is 110 Å². The number of nitrogens with zero attached hydrogens (tertiary/aromatic N) is 1. The van der Waals surface area contributed by atoms with E-state index in [0.29, 0.717) is 64.2 Å². The molecule has 4 saturated heterocycles. The van der Waals surface area contributed by atoms with Gasteiger partial charge in [-0.15, -0.1) is 11.3 Å². The first-order chi connectivity index (χ1) is 30.2. The number of carboxylic acids is 1. The third-order valence-corrected chi connectivity index (χ3v) is 17.2. The van der Waals surface area contributed by atoms with Crippen LogP contribution in [0.15, 0.2) is 17.7 Å². The Morgan fingerprint density at radius 2 is 1.69 bits per heavy atom. The second-order valence-corrected chi connectivity index (χ2v) is 21.3. The molecule has 6 rings (SSSR count). The highest BCUT2D eigenvalue weighted by Crippen LogP contribution is 2.54. The van der Waals surface area contributed by atoms with Crippen LogP contribution in [0.1, 0.15) is 144 Å². The van der Waals surface area contributed by atoms with E-state index < -0.39 is 95.1 Å². The van der Waals surface area contributed by atoms with Crippen molar-refractivity contribution in [2.45, 2.75) is 212 Å². The molecule has 4 N–H and O–H groups in total. The number of carbonyl (C=O) groups excluding carboxylic acids is 2. The van der Waals surface area contributed by atoms with Gasteiger partial charge in [0.1, 0.15) is 11.8 Å². The van der Waals surface area contributed by atoms with Crippen molar-refractivity contribution >= 4 is 29.2 Å². The largest absolute Gasteiger partial charge is 0.481 e. The van der Waals surface area contributed by atoms with Gasteiger partial charge in [-0.25, -0.2) is 9.78 Å². The van der Waals surface area contributed by atoms with Gasteiger partial charge in [-0.05, 0) is 96.5 Å². The molecule has 0 aliphatic carbocycles. The van der Waals surface area contributed by atoms with E-state index in [2.05, 4.69) is 31.1 Å². The van der Waals surface area contributed by atoms with Gasteiger partial charge in [0, 0.05) is 41.4 Å². The number of nitrogens with one attached hydrogen (secondary N) is 1. The van der Waals surface area contributed by atoms with Crippen molar-refractivity contribution in [2.24, 2.45) is 41.4 Å². The number of thiazole rings is 1. The summed E-state index contributed by atoms with van der Waals surface area (Å²) >= 11 is 1.53. The highest BCUT2D eigenvalue weighted by molar-refractivity contribution is 7.09. The monoisotopic (exact) mass is 919 g/mol. The number of amides is 1. The molecule has 14 nitrogen and oxygen atoms in total. The number of alkyl carbamates (subject to hydrolysis) is 1. The number of aliphatic carboxylic acids is 1. The molecule has 0 bridgehead atoms. The number of carboxylic acid groups (broad SMARTS) is 1. The molecule has 1 unspecified atom stereocenters. The van der Waals surface area contributed by atoms with Gasteiger partial charge in [-0.3, -0.25) is 9.59 Å². The number of aliphatic hydroxyl groups is 2. The molecule has 4 fully saturated rings. The van der Waals surface area contributed by atoms with Gasteiger partial charge >= 0.3 is 12.1 Å². The number of aromatic nitrogens is 1. The number of hydrogen-bond acceptors (Lipinski definition) is 13. The summed E-state index contributed by atoms with van der Waals surface area (Å²) < 4.78 is 40.3. The zero-order valence-corrected chi connectivity index (χ0v) is 41.0. The number of ketones is 1. The van der Waals surface area contributed by atoms with Crippen LogP contribution in [0.3, 0.4) is 0 Å². The topological polar surface area (TPSA) is 192 Å². The van der Waals surface area contributed by atoms with E-state index in [0.717, 1.165) is 17.0 Å². The number of rotatable bonds is 16. The van der Waals surface area contributed by atoms with Crippen molar-refractivity contribution in [3.8, 4) is 0 Å². The Morgan fingerprint density at radius 3 is 2.31 bits per heavy atom. The number of aryl methyl sites for hydroxylation is 1. The summed E-state index contributed by atoms with van der Waals surface area (Å²) in [6.07, 6.45) is 6.17. The molecule has 362 valence electrons. The molecule has 64 heavy (non-hydrogen) atoms. The summed E-state index contributed by atoms with van der Waals surface area (Å²) in [6.45, 7) is 21.7. The summed E-state index contributed by atoms with van der Waals surface area (Å²) in [5, 5.41) is 36.1. The lowest BCUT2D eigenvalue weighted by atomic mass is 9.72. The number of aliphatic hydroxyl groups excluding tert-OH is 1. The number of hydrogen-bond donors (Lipinski definition) is 4. The normalized spacial score (nSPS) is 40.1. The summed E-state index contributed by atoms with van der Waals surface area (Å²) in [6, 6.07) is -0.757. The van der Waals surface area contributed by atoms with E-state index in [1.54, 1.807) is 12.4 Å². The first-order valence-electron chi connectivity index (χ1n) is 24.2. The van der Waals surface area contributed by atoms with Crippen molar-refractivity contribution in [2.75, 3.05) is 6.61 Å². The minimum atomic E-state index is -1.39. The second-order valence-electron chi connectivity index (χ2n) is 20.3. The van der Waals surface area contributed by atoms with Gasteiger partial charge in [-0.2, -0.15) is 0 Å². The number of carbonyl (C=O) groups is 3. The highest BCUT2D eigenvalue weighted by Gasteiger charge is 2.63. The summed E-state index contributed by atoms with van der Waals surface area (Å²) in [5.41, 5.74) is 0.939. The van der Waals surface area contributed by atoms with Gasteiger partial charge in [0.2, 0.25) is 0 Å². The van der Waals surface area contributed by atoms with Crippen LogP contribution < -0.4 is 5.32 Å². The maximum absolute atomic E-state index is 14.7. The standard InChI is InChI=1S/C49H78N2O12S/c1-12-34(44(54)55)36-16-15-27(4)42(60-36)31(8)40(52)30(7)41(53)35(13-2)43-28(5)25-29(6)48(61-43)21-17-38(51-45(56)58-24-19-37-32(9)50-26-64-37)49(63-48)23-22-46(11,62-49)39-18-20-47(57,14-3)33(10)59-39/h17,21,26-31,33-36,38-40,42-43,52,57H,12-16,18-20,22-25H2,1-11H3,(H,51,56)(H,54,55)/t27-,28-,29+,30-,31-,33-,34?,35-,36+,38+,39+,40+,42+,43-,46-,47+,48-,49-/m0/s1. The maximum Gasteiger partial charge on any atom is 0.407 e. The summed E-state index contributed by atoms with van der Waals surface area (Å²) in [5.74, 6) is -6.19. The van der Waals surface area contributed by atoms with E-state index >= 15 is 0 Å². The molecule has 0 aromatic carbocycles. The number of Topliss-reactive ketones (excluding diaryl/α,β-unsaturated/α-hetero) is 1. The van der Waals surface area contributed by atoms with Crippen LogP contribution in [0.2, 0.25) is 0 Å². The Balaban J connectivity index is 1.23. The average Bonchev–Trinajstić information content (AvgIpc) is 3.83. The Morgan fingerprint density at radius 1 is 0.969 bits per heavy atom. The quantitative estimate of drug-likeness (QED) is 0.117. The van der Waals surface area contributed by atoms with Crippen molar-refractivity contribution in [3.63, 3.8) is 0 Å². The zero-order chi connectivity index (χ0) is 46.9. The van der Waals surface area contributed by atoms with Crippen molar-refractivity contribution in [3.05, 3.63) is 28.2 Å². The third-order valence-electron chi connectivity index (χ3n) is 16.2. The molecule has 5 aliphatic rings. The lowest BCUT2D eigenvalue weighted by Crippen LogP contribution is -2.65. The molecule has 15 heteroatoms. The van der Waals surface area contributed by atoms with E-state index in [1.165, 1.54) is 11.3 Å². The fraction of sp³-hybridized carbons (Fsp3) is 0.837. The SMILES string of the molecule is CCC(C(=O)O)[C@H]1CC[C@H](C)[C@H]([C@@H](C)[C@H](O)[C@H](C)C(=O)[C@H](CC)[C@H]2O[C@]3(C=C[C@@H](NC(=O)OCCc4scnc4C)[C@]4(CC[C@@](C)([C@H]5CC[C@](O)(CC)[C@H](C)O5)O4)O3)[C@H](C)C[C@@H]2C)O1. The molecule has 1 aromatic heterocycles. The van der Waals surface area contributed by atoms with Crippen molar-refractivity contribution in [1.29, 1.82) is 0 Å². The molecule has 5 aliphatic heterocycles. The van der Waals surface area contributed by atoms with Gasteiger partial charge in [-0.1, -0.05) is 61.5 Å². The molecule has 1 amide bonds. The number of ether oxygens (including phenoxy) is 6. The summed E-state index contributed by atoms with van der Waals surface area (Å²) in [7, 11) is 0. The Bertz CT molecular complexity index is 1810. The molecule has 18 atom stereocenters. The van der Waals surface area contributed by atoms with Crippen molar-refractivity contribution < 1.29 is 58.1 Å². The van der Waals surface area contributed by atoms with Crippen molar-refractivity contribution in [1.82, 2.24) is 10.3 Å². The van der Waals surface area contributed by atoms with E-state index in [1.807, 2.05) is 60.6 Å². The molecule has 0 radical (unpaired) electrons. The predicted octanol–water partition coefficient (Wildman–Crippen LogP) is 7.93. The van der Waals surface area contributed by atoms with Gasteiger partial charge < -0.3 is 49.1 Å². The Labute approximate surface area is 384 Å². The van der Waals surface area contributed by atoms with Gasteiger partial charge in [0.05, 0.1) is 71.6 Å². The molecule has 0 saturated carbocycles. The molecule has 6 heterocycles.